The molecule has 7 heteroatoms. The highest BCUT2D eigenvalue weighted by atomic mass is 32.1. The van der Waals surface area contributed by atoms with Crippen LogP contribution in [-0.2, 0) is 19.3 Å². The second-order valence-electron chi connectivity index (χ2n) is 5.08. The first-order valence-electron chi connectivity index (χ1n) is 7.38. The number of rotatable bonds is 6. The molecule has 2 rings (SSSR count). The third-order valence-corrected chi connectivity index (χ3v) is 4.78. The molecule has 0 aliphatic rings. The van der Waals surface area contributed by atoms with Gasteiger partial charge in [-0.25, -0.2) is 4.98 Å². The Morgan fingerprint density at radius 1 is 1.13 bits per heavy atom. The van der Waals surface area contributed by atoms with Crippen molar-refractivity contribution in [2.75, 3.05) is 13.1 Å². The number of thiazole rings is 1. The summed E-state index contributed by atoms with van der Waals surface area (Å²) in [7, 11) is 0. The summed E-state index contributed by atoms with van der Waals surface area (Å²) in [6.07, 6.45) is -4.34. The molecule has 1 N–H and O–H groups in total. The van der Waals surface area contributed by atoms with Crippen LogP contribution in [-0.4, -0.2) is 28.1 Å². The molecule has 0 unspecified atom stereocenters. The maximum Gasteiger partial charge on any atom is 0.416 e. The van der Waals surface area contributed by atoms with Crippen LogP contribution in [0.3, 0.4) is 0 Å². The molecular formula is C16H19F3N2OS. The van der Waals surface area contributed by atoms with Crippen molar-refractivity contribution < 1.29 is 18.3 Å². The van der Waals surface area contributed by atoms with Gasteiger partial charge in [-0.3, -0.25) is 4.90 Å². The fraction of sp³-hybridized carbons (Fsp3) is 0.438. The summed E-state index contributed by atoms with van der Waals surface area (Å²) in [6, 6.07) is 4.95. The normalized spacial score (nSPS) is 12.1. The minimum atomic E-state index is -4.34. The van der Waals surface area contributed by atoms with Crippen LogP contribution in [0.5, 0.6) is 0 Å². The quantitative estimate of drug-likeness (QED) is 0.855. The van der Waals surface area contributed by atoms with E-state index in [1.54, 1.807) is 0 Å². The lowest BCUT2D eigenvalue weighted by Gasteiger charge is -2.16. The molecule has 23 heavy (non-hydrogen) atoms. The van der Waals surface area contributed by atoms with Crippen molar-refractivity contribution in [1.82, 2.24) is 9.88 Å². The number of aliphatic hydroxyl groups excluding tert-OH is 1. The van der Waals surface area contributed by atoms with Crippen LogP contribution in [0.25, 0.3) is 10.6 Å². The van der Waals surface area contributed by atoms with Crippen molar-refractivity contribution >= 4 is 11.3 Å². The van der Waals surface area contributed by atoms with E-state index < -0.39 is 11.7 Å². The van der Waals surface area contributed by atoms with Gasteiger partial charge in [0.1, 0.15) is 5.01 Å². The smallest absolute Gasteiger partial charge is 0.391 e. The molecule has 0 fully saturated rings. The number of aromatic nitrogens is 1. The van der Waals surface area contributed by atoms with Gasteiger partial charge < -0.3 is 5.11 Å². The van der Waals surface area contributed by atoms with Crippen LogP contribution in [0.15, 0.2) is 24.3 Å². The number of hydrogen-bond acceptors (Lipinski definition) is 4. The van der Waals surface area contributed by atoms with E-state index in [9.17, 15) is 18.3 Å². The van der Waals surface area contributed by atoms with Crippen molar-refractivity contribution in [3.8, 4) is 10.6 Å². The molecular weight excluding hydrogens is 325 g/mol. The molecule has 1 aromatic carbocycles. The Bertz CT molecular complexity index is 634. The highest BCUT2D eigenvalue weighted by Crippen LogP contribution is 2.33. The molecule has 0 saturated heterocycles. The van der Waals surface area contributed by atoms with Crippen LogP contribution >= 0.6 is 11.3 Å². The third-order valence-electron chi connectivity index (χ3n) is 3.65. The lowest BCUT2D eigenvalue weighted by molar-refractivity contribution is -0.137. The van der Waals surface area contributed by atoms with Crippen LogP contribution in [0.1, 0.15) is 30.0 Å². The minimum Gasteiger partial charge on any atom is -0.391 e. The summed E-state index contributed by atoms with van der Waals surface area (Å²) in [5.74, 6) is 0. The van der Waals surface area contributed by atoms with Gasteiger partial charge in [0.15, 0.2) is 0 Å². The molecule has 0 atom stereocenters. The second kappa shape index (κ2) is 7.42. The summed E-state index contributed by atoms with van der Waals surface area (Å²) in [4.78, 5) is 7.44. The lowest BCUT2D eigenvalue weighted by atomic mass is 10.1. The SMILES string of the molecule is CCN(CC)Cc1nc(-c2ccc(C(F)(F)F)cc2)sc1CO. The van der Waals surface area contributed by atoms with E-state index >= 15 is 0 Å². The monoisotopic (exact) mass is 344 g/mol. The first-order chi connectivity index (χ1) is 10.9. The summed E-state index contributed by atoms with van der Waals surface area (Å²) < 4.78 is 37.8. The largest absolute Gasteiger partial charge is 0.416 e. The zero-order valence-corrected chi connectivity index (χ0v) is 13.8. The maximum absolute atomic E-state index is 12.6. The van der Waals surface area contributed by atoms with Gasteiger partial charge in [0, 0.05) is 12.1 Å². The van der Waals surface area contributed by atoms with Gasteiger partial charge in [-0.15, -0.1) is 11.3 Å². The average Bonchev–Trinajstić information content (AvgIpc) is 2.94. The van der Waals surface area contributed by atoms with Gasteiger partial charge in [-0.05, 0) is 25.2 Å². The molecule has 0 saturated carbocycles. The second-order valence-corrected chi connectivity index (χ2v) is 6.17. The third kappa shape index (κ3) is 4.31. The van der Waals surface area contributed by atoms with Crippen LogP contribution < -0.4 is 0 Å². The minimum absolute atomic E-state index is 0.116. The molecule has 126 valence electrons. The van der Waals surface area contributed by atoms with E-state index in [2.05, 4.69) is 9.88 Å². The number of nitrogens with zero attached hydrogens (tertiary/aromatic N) is 2. The lowest BCUT2D eigenvalue weighted by Crippen LogP contribution is -2.22. The summed E-state index contributed by atoms with van der Waals surface area (Å²) in [5.41, 5.74) is 0.739. The van der Waals surface area contributed by atoms with Crippen molar-refractivity contribution in [2.45, 2.75) is 33.2 Å². The van der Waals surface area contributed by atoms with E-state index in [4.69, 9.17) is 0 Å². The highest BCUT2D eigenvalue weighted by molar-refractivity contribution is 7.15. The molecule has 2 aromatic rings. The van der Waals surface area contributed by atoms with E-state index in [0.29, 0.717) is 17.1 Å². The van der Waals surface area contributed by atoms with E-state index in [0.717, 1.165) is 35.8 Å². The van der Waals surface area contributed by atoms with Crippen molar-refractivity contribution in [2.24, 2.45) is 0 Å². The first kappa shape index (κ1) is 17.9. The zero-order valence-electron chi connectivity index (χ0n) is 13.0. The Morgan fingerprint density at radius 2 is 1.74 bits per heavy atom. The number of halogens is 3. The maximum atomic E-state index is 12.6. The van der Waals surface area contributed by atoms with E-state index in [-0.39, 0.29) is 6.61 Å². The van der Waals surface area contributed by atoms with Crippen LogP contribution in [0.4, 0.5) is 13.2 Å². The molecule has 0 amide bonds. The highest BCUT2D eigenvalue weighted by Gasteiger charge is 2.30. The Balaban J connectivity index is 2.28. The molecule has 3 nitrogen and oxygen atoms in total. The molecule has 0 aliphatic carbocycles. The van der Waals surface area contributed by atoms with Gasteiger partial charge in [0.05, 0.1) is 22.7 Å². The number of hydrogen-bond donors (Lipinski definition) is 1. The predicted octanol–water partition coefficient (Wildman–Crippen LogP) is 4.16. The fourth-order valence-electron chi connectivity index (χ4n) is 2.21. The summed E-state index contributed by atoms with van der Waals surface area (Å²) >= 11 is 1.32. The first-order valence-corrected chi connectivity index (χ1v) is 8.20. The Morgan fingerprint density at radius 3 is 2.22 bits per heavy atom. The fourth-order valence-corrected chi connectivity index (χ4v) is 3.15. The Kier molecular flexibility index (Phi) is 5.78. The molecule has 1 aromatic heterocycles. The molecule has 1 heterocycles. The predicted molar refractivity (Wildman–Crippen MR) is 85.1 cm³/mol. The molecule has 0 aliphatic heterocycles. The number of benzene rings is 1. The van der Waals surface area contributed by atoms with Crippen LogP contribution in [0, 0.1) is 0 Å². The van der Waals surface area contributed by atoms with Gasteiger partial charge in [0.2, 0.25) is 0 Å². The van der Waals surface area contributed by atoms with E-state index in [1.807, 2.05) is 13.8 Å². The summed E-state index contributed by atoms with van der Waals surface area (Å²) in [6.45, 7) is 6.34. The molecule has 0 radical (unpaired) electrons. The standard InChI is InChI=1S/C16H19F3N2OS/c1-3-21(4-2)9-13-14(10-22)23-15(20-13)11-5-7-12(8-6-11)16(17,18)19/h5-8,22H,3-4,9-10H2,1-2H3. The van der Waals surface area contributed by atoms with Gasteiger partial charge >= 0.3 is 6.18 Å². The topological polar surface area (TPSA) is 36.4 Å². The number of alkyl halides is 3. The van der Waals surface area contributed by atoms with Gasteiger partial charge in [-0.1, -0.05) is 26.0 Å². The van der Waals surface area contributed by atoms with Gasteiger partial charge in [-0.2, -0.15) is 13.2 Å². The van der Waals surface area contributed by atoms with Crippen molar-refractivity contribution in [1.29, 1.82) is 0 Å². The Labute approximate surface area is 137 Å². The van der Waals surface area contributed by atoms with Crippen molar-refractivity contribution in [3.63, 3.8) is 0 Å². The van der Waals surface area contributed by atoms with Gasteiger partial charge in [0.25, 0.3) is 0 Å². The van der Waals surface area contributed by atoms with E-state index in [1.165, 1.54) is 23.5 Å². The van der Waals surface area contributed by atoms with Crippen molar-refractivity contribution in [3.05, 3.63) is 40.4 Å². The zero-order chi connectivity index (χ0) is 17.0. The number of aliphatic hydroxyl groups is 1. The Hall–Kier alpha value is -1.44. The molecule has 0 bridgehead atoms. The van der Waals surface area contributed by atoms with Crippen LogP contribution in [0.2, 0.25) is 0 Å². The molecule has 0 spiro atoms. The summed E-state index contributed by atoms with van der Waals surface area (Å²) in [5, 5.41) is 10.1. The average molecular weight is 344 g/mol.